The van der Waals surface area contributed by atoms with Crippen LogP contribution in [-0.4, -0.2) is 13.2 Å². The van der Waals surface area contributed by atoms with E-state index < -0.39 is 30.1 Å². The van der Waals surface area contributed by atoms with Crippen LogP contribution in [0.3, 0.4) is 0 Å². The number of ether oxygens (including phenoxy) is 2. The van der Waals surface area contributed by atoms with Crippen molar-refractivity contribution in [2.75, 3.05) is 6.61 Å². The summed E-state index contributed by atoms with van der Waals surface area (Å²) in [6, 6.07) is 24.3. The van der Waals surface area contributed by atoms with Crippen LogP contribution in [0, 0.1) is 6.92 Å². The molecule has 0 N–H and O–H groups in total. The van der Waals surface area contributed by atoms with Crippen LogP contribution in [0.1, 0.15) is 125 Å². The molecule has 4 rings (SSSR count). The van der Waals surface area contributed by atoms with Gasteiger partial charge in [0, 0.05) is 0 Å². The number of benzene rings is 4. The summed E-state index contributed by atoms with van der Waals surface area (Å²) in [6.07, 6.45) is -8.47. The standard InChI is InChI=1S/C11H13F3.C11H16O.C10H11F3.C10H12F2O/c1-7(2)10-5-4-9(6-8(10)3)11(12,13)14;1-4-12-11-7-5-10(6-8-11)9(2)3;1-7(2)8-4-3-5-9(6-8)10(11,12)13;1-7(2)8-3-5-9(6-4-8)13-10(11)12/h4-7H,1-3H3;5-9H,4H2,1-3H3;3-7H,1-2H3;3-7,10H,1-2H3. The summed E-state index contributed by atoms with van der Waals surface area (Å²) in [5, 5.41) is 0. The third-order valence-corrected chi connectivity index (χ3v) is 7.73. The Hall–Kier alpha value is -4.08. The van der Waals surface area contributed by atoms with E-state index in [-0.39, 0.29) is 17.6 Å². The fourth-order valence-corrected chi connectivity index (χ4v) is 4.72. The molecule has 0 aliphatic rings. The lowest BCUT2D eigenvalue weighted by Gasteiger charge is -2.13. The molecule has 0 atom stereocenters. The third kappa shape index (κ3) is 17.0. The highest BCUT2D eigenvalue weighted by Gasteiger charge is 2.31. The smallest absolute Gasteiger partial charge is 0.416 e. The minimum atomic E-state index is -4.24. The molecule has 0 aliphatic carbocycles. The van der Waals surface area contributed by atoms with Crippen LogP contribution in [0.5, 0.6) is 11.5 Å². The Morgan fingerprint density at radius 2 is 0.962 bits per heavy atom. The van der Waals surface area contributed by atoms with Crippen LogP contribution in [0.15, 0.2) is 91.0 Å². The number of hydrogen-bond donors (Lipinski definition) is 0. The van der Waals surface area contributed by atoms with Crippen LogP contribution in [0.25, 0.3) is 0 Å². The van der Waals surface area contributed by atoms with E-state index in [1.165, 1.54) is 23.8 Å². The number of rotatable bonds is 8. The van der Waals surface area contributed by atoms with Gasteiger partial charge in [0.2, 0.25) is 0 Å². The molecule has 4 aromatic rings. The highest BCUT2D eigenvalue weighted by Crippen LogP contribution is 2.32. The molecule has 4 aromatic carbocycles. The van der Waals surface area contributed by atoms with Crippen molar-refractivity contribution in [3.05, 3.63) is 130 Å². The minimum absolute atomic E-state index is 0.127. The van der Waals surface area contributed by atoms with Crippen molar-refractivity contribution in [2.45, 2.75) is 112 Å². The molecule has 0 heterocycles. The van der Waals surface area contributed by atoms with Crippen LogP contribution in [0.2, 0.25) is 0 Å². The van der Waals surface area contributed by atoms with E-state index in [0.717, 1.165) is 41.2 Å². The topological polar surface area (TPSA) is 18.5 Å². The maximum Gasteiger partial charge on any atom is 0.416 e. The fraction of sp³-hybridized carbons (Fsp3) is 0.429. The predicted molar refractivity (Wildman–Crippen MR) is 195 cm³/mol. The molecule has 0 aromatic heterocycles. The van der Waals surface area contributed by atoms with Gasteiger partial charge in [-0.25, -0.2) is 0 Å². The normalized spacial score (nSPS) is 11.4. The van der Waals surface area contributed by atoms with E-state index in [0.29, 0.717) is 17.4 Å². The van der Waals surface area contributed by atoms with Crippen LogP contribution < -0.4 is 9.47 Å². The summed E-state index contributed by atoms with van der Waals surface area (Å²) in [5.41, 5.74) is 3.72. The average molecular weight is 741 g/mol. The zero-order valence-electron chi connectivity index (χ0n) is 31.6. The molecule has 2 nitrogen and oxygen atoms in total. The quantitative estimate of drug-likeness (QED) is 0.168. The van der Waals surface area contributed by atoms with Crippen molar-refractivity contribution in [1.82, 2.24) is 0 Å². The highest BCUT2D eigenvalue weighted by atomic mass is 19.4. The molecule has 0 aliphatic heterocycles. The summed E-state index contributed by atoms with van der Waals surface area (Å²) >= 11 is 0. The maximum atomic E-state index is 12.3. The molecule has 0 saturated carbocycles. The van der Waals surface area contributed by atoms with E-state index in [2.05, 4.69) is 30.7 Å². The van der Waals surface area contributed by atoms with E-state index in [1.54, 1.807) is 43.3 Å². The maximum absolute atomic E-state index is 12.3. The van der Waals surface area contributed by atoms with Gasteiger partial charge in [-0.1, -0.05) is 104 Å². The van der Waals surface area contributed by atoms with Crippen molar-refractivity contribution < 1.29 is 44.6 Å². The van der Waals surface area contributed by atoms with E-state index in [9.17, 15) is 35.1 Å². The van der Waals surface area contributed by atoms with Crippen molar-refractivity contribution >= 4 is 0 Å². The van der Waals surface area contributed by atoms with Gasteiger partial charge in [-0.2, -0.15) is 35.1 Å². The Morgan fingerprint density at radius 3 is 1.33 bits per heavy atom. The molecule has 0 unspecified atom stereocenters. The molecule has 0 spiro atoms. The summed E-state index contributed by atoms with van der Waals surface area (Å²) in [4.78, 5) is 0. The van der Waals surface area contributed by atoms with Gasteiger partial charge in [-0.15, -0.1) is 0 Å². The second-order valence-corrected chi connectivity index (χ2v) is 13.3. The van der Waals surface area contributed by atoms with Crippen molar-refractivity contribution in [2.24, 2.45) is 0 Å². The lowest BCUT2D eigenvalue weighted by atomic mass is 9.96. The number of hydrogen-bond acceptors (Lipinski definition) is 2. The Kier molecular flexibility index (Phi) is 18.9. The minimum Gasteiger partial charge on any atom is -0.494 e. The zero-order chi connectivity index (χ0) is 39.8. The molecule has 10 heteroatoms. The molecule has 0 radical (unpaired) electrons. The average Bonchev–Trinajstić information content (AvgIpc) is 3.05. The van der Waals surface area contributed by atoms with E-state index in [1.807, 2.05) is 60.6 Å². The molecular weight excluding hydrogens is 688 g/mol. The first-order chi connectivity index (χ1) is 24.1. The number of aryl methyl sites for hydroxylation is 1. The Balaban J connectivity index is 0.000000347. The summed E-state index contributed by atoms with van der Waals surface area (Å²) in [7, 11) is 0. The lowest BCUT2D eigenvalue weighted by Crippen LogP contribution is -2.06. The SMILES string of the molecule is CC(C)c1ccc(OC(F)F)cc1.CC(C)c1cccc(C(F)(F)F)c1.CCOc1ccc(C(C)C)cc1.Cc1cc(C(F)(F)F)ccc1C(C)C. The Morgan fingerprint density at radius 1 is 0.519 bits per heavy atom. The monoisotopic (exact) mass is 740 g/mol. The van der Waals surface area contributed by atoms with E-state index in [4.69, 9.17) is 4.74 Å². The third-order valence-electron chi connectivity index (χ3n) is 7.73. The van der Waals surface area contributed by atoms with Crippen LogP contribution >= 0.6 is 0 Å². The second-order valence-electron chi connectivity index (χ2n) is 13.3. The van der Waals surface area contributed by atoms with Gasteiger partial charge in [0.1, 0.15) is 11.5 Å². The largest absolute Gasteiger partial charge is 0.494 e. The van der Waals surface area contributed by atoms with Gasteiger partial charge >= 0.3 is 19.0 Å². The molecule has 0 amide bonds. The van der Waals surface area contributed by atoms with Crippen molar-refractivity contribution in [3.8, 4) is 11.5 Å². The molecule has 0 bridgehead atoms. The number of halogens is 8. The van der Waals surface area contributed by atoms with Gasteiger partial charge in [-0.3, -0.25) is 0 Å². The molecule has 52 heavy (non-hydrogen) atoms. The first kappa shape index (κ1) is 45.9. The van der Waals surface area contributed by atoms with E-state index >= 15 is 0 Å². The summed E-state index contributed by atoms with van der Waals surface area (Å²) < 4.78 is 107. The molecule has 288 valence electrons. The predicted octanol–water partition coefficient (Wildman–Crippen LogP) is 14.6. The Bertz CT molecular complexity index is 1570. The first-order valence-electron chi connectivity index (χ1n) is 17.2. The Labute approximate surface area is 304 Å². The number of alkyl halides is 8. The fourth-order valence-electron chi connectivity index (χ4n) is 4.72. The van der Waals surface area contributed by atoms with Gasteiger partial charge in [-0.05, 0) is 108 Å². The van der Waals surface area contributed by atoms with Gasteiger partial charge in [0.15, 0.2) is 0 Å². The summed E-state index contributed by atoms with van der Waals surface area (Å²) in [6.45, 7) is 17.8. The van der Waals surface area contributed by atoms with Crippen LogP contribution in [-0.2, 0) is 12.4 Å². The van der Waals surface area contributed by atoms with Crippen molar-refractivity contribution in [1.29, 1.82) is 0 Å². The van der Waals surface area contributed by atoms with Gasteiger partial charge in [0.05, 0.1) is 17.7 Å². The second kappa shape index (κ2) is 21.4. The van der Waals surface area contributed by atoms with Gasteiger partial charge < -0.3 is 9.47 Å². The van der Waals surface area contributed by atoms with Crippen molar-refractivity contribution in [3.63, 3.8) is 0 Å². The van der Waals surface area contributed by atoms with Crippen LogP contribution in [0.4, 0.5) is 35.1 Å². The first-order valence-corrected chi connectivity index (χ1v) is 17.2. The summed E-state index contributed by atoms with van der Waals surface area (Å²) in [5.74, 6) is 2.56. The highest BCUT2D eigenvalue weighted by molar-refractivity contribution is 5.34. The molecular formula is C42H52F8O2. The van der Waals surface area contributed by atoms with Gasteiger partial charge in [0.25, 0.3) is 0 Å². The lowest BCUT2D eigenvalue weighted by molar-refractivity contribution is -0.138. The molecule has 0 fully saturated rings. The molecule has 0 saturated heterocycles. The zero-order valence-corrected chi connectivity index (χ0v) is 31.6.